The van der Waals surface area contributed by atoms with Crippen molar-refractivity contribution in [3.8, 4) is 0 Å². The van der Waals surface area contributed by atoms with Crippen LogP contribution in [-0.4, -0.2) is 50.1 Å². The molecular weight excluding hydrogens is 252 g/mol. The molecule has 1 heterocycles. The van der Waals surface area contributed by atoms with E-state index in [0.717, 1.165) is 44.7 Å². The molecule has 1 aliphatic carbocycles. The fourth-order valence-corrected chi connectivity index (χ4v) is 2.49. The average Bonchev–Trinajstić information content (AvgIpc) is 3.24. The molecule has 1 saturated carbocycles. The van der Waals surface area contributed by atoms with E-state index in [1.54, 1.807) is 0 Å². The molecule has 0 radical (unpaired) electrons. The van der Waals surface area contributed by atoms with Gasteiger partial charge >= 0.3 is 0 Å². The number of nitrogens with two attached hydrogens (primary N) is 1. The number of carbonyl (C=O) groups excluding carboxylic acids is 1. The zero-order valence-corrected chi connectivity index (χ0v) is 11.9. The van der Waals surface area contributed by atoms with Gasteiger partial charge in [-0.1, -0.05) is 0 Å². The normalized spacial score (nSPS) is 19.9. The molecule has 0 unspecified atom stereocenters. The highest BCUT2D eigenvalue weighted by Crippen LogP contribution is 2.24. The first-order chi connectivity index (χ1) is 9.63. The van der Waals surface area contributed by atoms with Crippen molar-refractivity contribution in [3.63, 3.8) is 0 Å². The summed E-state index contributed by atoms with van der Waals surface area (Å²) in [4.78, 5) is 16.8. The number of amides is 1. The number of carbonyl (C=O) groups is 1. The Balaban J connectivity index is 1.76. The number of hydrogen-bond donors (Lipinski definition) is 2. The number of nitrogens with zero attached hydrogens (tertiary/aromatic N) is 2. The molecule has 1 aromatic rings. The van der Waals surface area contributed by atoms with Crippen molar-refractivity contribution in [3.05, 3.63) is 23.8 Å². The summed E-state index contributed by atoms with van der Waals surface area (Å²) in [6.45, 7) is 4.08. The number of benzene rings is 1. The van der Waals surface area contributed by atoms with Gasteiger partial charge in [-0.25, -0.2) is 0 Å². The Bertz CT molecular complexity index is 505. The third-order valence-electron chi connectivity index (χ3n) is 4.06. The molecule has 1 saturated heterocycles. The highest BCUT2D eigenvalue weighted by atomic mass is 16.1. The number of nitrogens with one attached hydrogen (secondary N) is 1. The van der Waals surface area contributed by atoms with Crippen molar-refractivity contribution in [1.82, 2.24) is 10.2 Å². The van der Waals surface area contributed by atoms with E-state index in [0.29, 0.717) is 17.3 Å². The molecule has 0 aromatic heterocycles. The van der Waals surface area contributed by atoms with Gasteiger partial charge < -0.3 is 20.9 Å². The van der Waals surface area contributed by atoms with Crippen molar-refractivity contribution in [2.24, 2.45) is 0 Å². The quantitative estimate of drug-likeness (QED) is 0.804. The van der Waals surface area contributed by atoms with Gasteiger partial charge in [-0.05, 0) is 38.1 Å². The Morgan fingerprint density at radius 3 is 2.60 bits per heavy atom. The lowest BCUT2D eigenvalue weighted by molar-refractivity contribution is 0.0952. The molecule has 1 amide bonds. The van der Waals surface area contributed by atoms with Crippen molar-refractivity contribution in [2.75, 3.05) is 43.9 Å². The average molecular weight is 274 g/mol. The second-order valence-electron chi connectivity index (χ2n) is 5.81. The van der Waals surface area contributed by atoms with Crippen LogP contribution in [0.15, 0.2) is 18.2 Å². The number of rotatable bonds is 3. The molecule has 5 nitrogen and oxygen atoms in total. The van der Waals surface area contributed by atoms with Crippen LogP contribution in [0.2, 0.25) is 0 Å². The molecule has 0 atom stereocenters. The zero-order chi connectivity index (χ0) is 14.1. The van der Waals surface area contributed by atoms with Gasteiger partial charge in [-0.15, -0.1) is 0 Å². The summed E-state index contributed by atoms with van der Waals surface area (Å²) in [5, 5.41) is 3.00. The smallest absolute Gasteiger partial charge is 0.253 e. The summed E-state index contributed by atoms with van der Waals surface area (Å²) in [5.41, 5.74) is 8.20. The Labute approximate surface area is 119 Å². The van der Waals surface area contributed by atoms with Gasteiger partial charge in [-0.3, -0.25) is 4.79 Å². The molecule has 0 spiro atoms. The van der Waals surface area contributed by atoms with Crippen molar-refractivity contribution in [1.29, 1.82) is 0 Å². The maximum atomic E-state index is 12.2. The number of likely N-dealkylation sites (N-methyl/N-ethyl adjacent to an activating group) is 1. The molecule has 108 valence electrons. The first kappa shape index (κ1) is 13.2. The monoisotopic (exact) mass is 274 g/mol. The molecule has 2 aliphatic rings. The molecule has 1 aliphatic heterocycles. The van der Waals surface area contributed by atoms with Crippen molar-refractivity contribution < 1.29 is 4.79 Å². The Hall–Kier alpha value is -1.75. The van der Waals surface area contributed by atoms with Crippen LogP contribution in [0.25, 0.3) is 0 Å². The van der Waals surface area contributed by atoms with Crippen LogP contribution in [0, 0.1) is 0 Å². The summed E-state index contributed by atoms with van der Waals surface area (Å²) in [6.07, 6.45) is 2.17. The molecule has 2 fully saturated rings. The van der Waals surface area contributed by atoms with E-state index in [2.05, 4.69) is 22.2 Å². The third-order valence-corrected chi connectivity index (χ3v) is 4.06. The minimum atomic E-state index is -0.0408. The van der Waals surface area contributed by atoms with Crippen LogP contribution in [0.1, 0.15) is 23.2 Å². The van der Waals surface area contributed by atoms with E-state index in [1.807, 2.05) is 18.2 Å². The minimum Gasteiger partial charge on any atom is -0.398 e. The number of anilines is 2. The number of nitrogen functional groups attached to an aromatic ring is 1. The molecular formula is C15H22N4O. The first-order valence-electron chi connectivity index (χ1n) is 7.27. The lowest BCUT2D eigenvalue weighted by Gasteiger charge is -2.34. The first-order valence-corrected chi connectivity index (χ1v) is 7.27. The van der Waals surface area contributed by atoms with Gasteiger partial charge in [0.1, 0.15) is 0 Å². The lowest BCUT2D eigenvalue weighted by Crippen LogP contribution is -2.44. The summed E-state index contributed by atoms with van der Waals surface area (Å²) in [6, 6.07) is 6.14. The fraction of sp³-hybridized carbons (Fsp3) is 0.533. The molecule has 3 N–H and O–H groups in total. The van der Waals surface area contributed by atoms with Crippen LogP contribution >= 0.6 is 0 Å². The third kappa shape index (κ3) is 2.88. The summed E-state index contributed by atoms with van der Waals surface area (Å²) in [5.74, 6) is -0.0408. The SMILES string of the molecule is CN1CCN(c2ccc(N)c(C(=O)NC3CC3)c2)CC1. The predicted molar refractivity (Wildman–Crippen MR) is 81.1 cm³/mol. The van der Waals surface area contributed by atoms with Crippen LogP contribution in [0.5, 0.6) is 0 Å². The van der Waals surface area contributed by atoms with E-state index >= 15 is 0 Å². The number of hydrogen-bond acceptors (Lipinski definition) is 4. The van der Waals surface area contributed by atoms with Gasteiger partial charge in [0, 0.05) is 43.6 Å². The summed E-state index contributed by atoms with van der Waals surface area (Å²) in [7, 11) is 2.13. The van der Waals surface area contributed by atoms with Gasteiger partial charge in [0.2, 0.25) is 0 Å². The van der Waals surface area contributed by atoms with Crippen LogP contribution < -0.4 is 16.0 Å². The van der Waals surface area contributed by atoms with E-state index in [1.165, 1.54) is 0 Å². The molecule has 20 heavy (non-hydrogen) atoms. The Morgan fingerprint density at radius 2 is 1.95 bits per heavy atom. The van der Waals surface area contributed by atoms with Crippen molar-refractivity contribution >= 4 is 17.3 Å². The van der Waals surface area contributed by atoms with Gasteiger partial charge in [0.15, 0.2) is 0 Å². The summed E-state index contributed by atoms with van der Waals surface area (Å²) < 4.78 is 0. The van der Waals surface area contributed by atoms with Gasteiger partial charge in [0.05, 0.1) is 5.56 Å². The van der Waals surface area contributed by atoms with Crippen LogP contribution in [-0.2, 0) is 0 Å². The van der Waals surface area contributed by atoms with Gasteiger partial charge in [-0.2, -0.15) is 0 Å². The Kier molecular flexibility index (Phi) is 3.53. The van der Waals surface area contributed by atoms with E-state index in [9.17, 15) is 4.79 Å². The van der Waals surface area contributed by atoms with Crippen LogP contribution in [0.4, 0.5) is 11.4 Å². The molecule has 3 rings (SSSR count). The standard InChI is InChI=1S/C15H22N4O/c1-18-6-8-19(9-7-18)12-4-5-14(16)13(10-12)15(20)17-11-2-3-11/h4-5,10-11H,2-3,6-9,16H2,1H3,(H,17,20). The minimum absolute atomic E-state index is 0.0408. The fourth-order valence-electron chi connectivity index (χ4n) is 2.49. The second-order valence-corrected chi connectivity index (χ2v) is 5.81. The zero-order valence-electron chi connectivity index (χ0n) is 11.9. The summed E-state index contributed by atoms with van der Waals surface area (Å²) >= 11 is 0. The molecule has 0 bridgehead atoms. The molecule has 5 heteroatoms. The van der Waals surface area contributed by atoms with E-state index in [4.69, 9.17) is 5.73 Å². The van der Waals surface area contributed by atoms with E-state index in [-0.39, 0.29) is 5.91 Å². The van der Waals surface area contributed by atoms with Crippen molar-refractivity contribution in [2.45, 2.75) is 18.9 Å². The molecule has 1 aromatic carbocycles. The highest BCUT2D eigenvalue weighted by molar-refractivity contribution is 6.00. The number of piperazine rings is 1. The lowest BCUT2D eigenvalue weighted by atomic mass is 10.1. The maximum Gasteiger partial charge on any atom is 0.253 e. The largest absolute Gasteiger partial charge is 0.398 e. The van der Waals surface area contributed by atoms with E-state index < -0.39 is 0 Å². The van der Waals surface area contributed by atoms with Gasteiger partial charge in [0.25, 0.3) is 5.91 Å². The predicted octanol–water partition coefficient (Wildman–Crippen LogP) is 0.913. The maximum absolute atomic E-state index is 12.2. The topological polar surface area (TPSA) is 61.6 Å². The highest BCUT2D eigenvalue weighted by Gasteiger charge is 2.25. The second kappa shape index (κ2) is 5.32. The Morgan fingerprint density at radius 1 is 1.25 bits per heavy atom. The van der Waals surface area contributed by atoms with Crippen LogP contribution in [0.3, 0.4) is 0 Å².